The summed E-state index contributed by atoms with van der Waals surface area (Å²) in [6.07, 6.45) is -4.04. The van der Waals surface area contributed by atoms with Gasteiger partial charge < -0.3 is 4.74 Å². The van der Waals surface area contributed by atoms with Crippen LogP contribution in [0.2, 0.25) is 0 Å². The Morgan fingerprint density at radius 3 is 2.30 bits per heavy atom. The van der Waals surface area contributed by atoms with E-state index in [1.807, 2.05) is 24.3 Å². The summed E-state index contributed by atoms with van der Waals surface area (Å²) in [6, 6.07) is 14.7. The Morgan fingerprint density at radius 2 is 1.78 bits per heavy atom. The predicted molar refractivity (Wildman–Crippen MR) is 94.0 cm³/mol. The van der Waals surface area contributed by atoms with Crippen molar-refractivity contribution >= 4 is 11.7 Å². The van der Waals surface area contributed by atoms with Gasteiger partial charge in [-0.2, -0.15) is 18.4 Å². The summed E-state index contributed by atoms with van der Waals surface area (Å²) in [4.78, 5) is 15.9. The van der Waals surface area contributed by atoms with Gasteiger partial charge in [-0.1, -0.05) is 42.5 Å². The Balaban J connectivity index is 2.34. The maximum absolute atomic E-state index is 12.7. The molecule has 2 rings (SSSR count). The Bertz CT molecular complexity index is 838. The molecule has 0 aromatic heterocycles. The highest BCUT2D eigenvalue weighted by atomic mass is 19.4. The number of carbonyl (C=O) groups is 1. The van der Waals surface area contributed by atoms with Crippen molar-refractivity contribution in [2.45, 2.75) is 25.1 Å². The molecule has 140 valence electrons. The zero-order valence-corrected chi connectivity index (χ0v) is 14.5. The van der Waals surface area contributed by atoms with Crippen LogP contribution in [0.5, 0.6) is 0 Å². The second-order valence-electron chi connectivity index (χ2n) is 5.71. The number of aliphatic imine (C=N–C) groups is 1. The van der Waals surface area contributed by atoms with Crippen molar-refractivity contribution < 1.29 is 22.7 Å². The van der Waals surface area contributed by atoms with Crippen LogP contribution in [0.4, 0.5) is 13.2 Å². The summed E-state index contributed by atoms with van der Waals surface area (Å²) < 4.78 is 42.8. The van der Waals surface area contributed by atoms with Gasteiger partial charge in [0.05, 0.1) is 18.7 Å². The zero-order valence-electron chi connectivity index (χ0n) is 14.5. The highest BCUT2D eigenvalue weighted by molar-refractivity contribution is 6.11. The van der Waals surface area contributed by atoms with Crippen LogP contribution in [-0.2, 0) is 15.7 Å². The molecule has 0 heterocycles. The quantitative estimate of drug-likeness (QED) is 0.543. The standard InChI is InChI=1S/C20H17F3N2O2/c1-27-19(26)12-11-17(14-5-3-2-4-6-14)25-18(13-24)15-7-9-16(10-8-15)20(21,22)23/h2-10,17H,11-12H2,1H3/b25-18+/t17-/m1/s1. The second-order valence-corrected chi connectivity index (χ2v) is 5.71. The first-order valence-corrected chi connectivity index (χ1v) is 8.12. The molecule has 0 aliphatic carbocycles. The van der Waals surface area contributed by atoms with Crippen LogP contribution in [0.25, 0.3) is 0 Å². The van der Waals surface area contributed by atoms with E-state index in [9.17, 15) is 23.2 Å². The number of nitriles is 1. The summed E-state index contributed by atoms with van der Waals surface area (Å²) >= 11 is 0. The average Bonchev–Trinajstić information content (AvgIpc) is 2.68. The van der Waals surface area contributed by atoms with E-state index in [1.54, 1.807) is 12.1 Å². The van der Waals surface area contributed by atoms with Crippen molar-refractivity contribution in [3.05, 3.63) is 71.3 Å². The lowest BCUT2D eigenvalue weighted by Crippen LogP contribution is -2.08. The van der Waals surface area contributed by atoms with E-state index in [0.29, 0.717) is 6.42 Å². The largest absolute Gasteiger partial charge is 0.469 e. The maximum atomic E-state index is 12.7. The van der Waals surface area contributed by atoms with E-state index < -0.39 is 23.8 Å². The average molecular weight is 374 g/mol. The highest BCUT2D eigenvalue weighted by Gasteiger charge is 2.30. The SMILES string of the molecule is COC(=O)CC[C@@H](/N=C(\C#N)c1ccc(C(F)(F)F)cc1)c1ccccc1. The normalized spacial score (nSPS) is 12.9. The molecule has 0 N–H and O–H groups in total. The van der Waals surface area contributed by atoms with E-state index in [1.165, 1.54) is 19.2 Å². The fraction of sp³-hybridized carbons (Fsp3) is 0.250. The molecule has 0 amide bonds. The van der Waals surface area contributed by atoms with Gasteiger partial charge in [0.1, 0.15) is 11.8 Å². The molecule has 0 aliphatic rings. The molecule has 7 heteroatoms. The lowest BCUT2D eigenvalue weighted by molar-refractivity contribution is -0.141. The number of ether oxygens (including phenoxy) is 1. The van der Waals surface area contributed by atoms with E-state index in [4.69, 9.17) is 0 Å². The molecule has 2 aromatic rings. The van der Waals surface area contributed by atoms with Gasteiger partial charge in [-0.3, -0.25) is 9.79 Å². The molecule has 0 bridgehead atoms. The molecular weight excluding hydrogens is 357 g/mol. The number of halogens is 3. The van der Waals surface area contributed by atoms with Gasteiger partial charge in [0.25, 0.3) is 0 Å². The fourth-order valence-electron chi connectivity index (χ4n) is 2.48. The summed E-state index contributed by atoms with van der Waals surface area (Å²) in [5, 5.41) is 9.43. The number of hydrogen-bond donors (Lipinski definition) is 0. The third-order valence-electron chi connectivity index (χ3n) is 3.91. The molecule has 0 spiro atoms. The number of esters is 1. The monoisotopic (exact) mass is 374 g/mol. The molecule has 2 aromatic carbocycles. The molecule has 0 saturated heterocycles. The van der Waals surface area contributed by atoms with Crippen LogP contribution in [0.1, 0.15) is 35.6 Å². The number of rotatable bonds is 6. The number of benzene rings is 2. The second kappa shape index (κ2) is 8.99. The molecule has 27 heavy (non-hydrogen) atoms. The Morgan fingerprint density at radius 1 is 1.15 bits per heavy atom. The van der Waals surface area contributed by atoms with Crippen molar-refractivity contribution in [1.82, 2.24) is 0 Å². The van der Waals surface area contributed by atoms with Gasteiger partial charge in [-0.25, -0.2) is 0 Å². The number of hydrogen-bond acceptors (Lipinski definition) is 4. The number of nitrogens with zero attached hydrogens (tertiary/aromatic N) is 2. The third-order valence-corrected chi connectivity index (χ3v) is 3.91. The van der Waals surface area contributed by atoms with Crippen molar-refractivity contribution in [2.24, 2.45) is 4.99 Å². The Labute approximate surface area is 154 Å². The number of alkyl halides is 3. The van der Waals surface area contributed by atoms with Crippen LogP contribution in [0, 0.1) is 11.3 Å². The minimum Gasteiger partial charge on any atom is -0.469 e. The molecule has 0 radical (unpaired) electrons. The van der Waals surface area contributed by atoms with Gasteiger partial charge in [-0.05, 0) is 24.1 Å². The van der Waals surface area contributed by atoms with Crippen LogP contribution in [0.15, 0.2) is 59.6 Å². The number of carbonyl (C=O) groups excluding carboxylic acids is 1. The summed E-state index contributed by atoms with van der Waals surface area (Å²) in [5.41, 5.74) is 0.279. The Hall–Kier alpha value is -3.14. The van der Waals surface area contributed by atoms with Gasteiger partial charge >= 0.3 is 12.1 Å². The topological polar surface area (TPSA) is 62.4 Å². The van der Waals surface area contributed by atoms with Crippen LogP contribution in [0.3, 0.4) is 0 Å². The van der Waals surface area contributed by atoms with Gasteiger partial charge in [0.2, 0.25) is 0 Å². The highest BCUT2D eigenvalue weighted by Crippen LogP contribution is 2.29. The van der Waals surface area contributed by atoms with E-state index >= 15 is 0 Å². The molecule has 1 atom stereocenters. The van der Waals surface area contributed by atoms with Crippen LogP contribution >= 0.6 is 0 Å². The van der Waals surface area contributed by atoms with E-state index in [2.05, 4.69) is 9.73 Å². The summed E-state index contributed by atoms with van der Waals surface area (Å²) in [6.45, 7) is 0. The number of methoxy groups -OCH3 is 1. The van der Waals surface area contributed by atoms with Gasteiger partial charge in [0.15, 0.2) is 0 Å². The summed E-state index contributed by atoms with van der Waals surface area (Å²) in [7, 11) is 1.28. The van der Waals surface area contributed by atoms with Crippen LogP contribution in [-0.4, -0.2) is 18.8 Å². The molecule has 0 aliphatic heterocycles. The third kappa shape index (κ3) is 5.68. The van der Waals surface area contributed by atoms with Crippen molar-refractivity contribution in [2.75, 3.05) is 7.11 Å². The predicted octanol–water partition coefficient (Wildman–Crippen LogP) is 4.71. The smallest absolute Gasteiger partial charge is 0.416 e. The van der Waals surface area contributed by atoms with Crippen LogP contribution < -0.4 is 0 Å². The van der Waals surface area contributed by atoms with Crippen molar-refractivity contribution in [1.29, 1.82) is 5.26 Å². The van der Waals surface area contributed by atoms with E-state index in [-0.39, 0.29) is 17.7 Å². The fourth-order valence-corrected chi connectivity index (χ4v) is 2.48. The van der Waals surface area contributed by atoms with Gasteiger partial charge in [-0.15, -0.1) is 0 Å². The first-order valence-electron chi connectivity index (χ1n) is 8.12. The lowest BCUT2D eigenvalue weighted by atomic mass is 10.0. The summed E-state index contributed by atoms with van der Waals surface area (Å²) in [5.74, 6) is -0.404. The van der Waals surface area contributed by atoms with Gasteiger partial charge in [0, 0.05) is 12.0 Å². The minimum absolute atomic E-state index is 0.00226. The molecule has 0 fully saturated rings. The van der Waals surface area contributed by atoms with E-state index in [0.717, 1.165) is 17.7 Å². The molecular formula is C20H17F3N2O2. The first-order chi connectivity index (χ1) is 12.8. The first kappa shape index (κ1) is 20.2. The minimum atomic E-state index is -4.45. The zero-order chi connectivity index (χ0) is 19.9. The van der Waals surface area contributed by atoms with Crippen molar-refractivity contribution in [3.63, 3.8) is 0 Å². The maximum Gasteiger partial charge on any atom is 0.416 e. The van der Waals surface area contributed by atoms with Crippen molar-refractivity contribution in [3.8, 4) is 6.07 Å². The lowest BCUT2D eigenvalue weighted by Gasteiger charge is -2.14. The molecule has 0 unspecified atom stereocenters. The molecule has 0 saturated carbocycles. The Kier molecular flexibility index (Phi) is 6.72. The molecule has 4 nitrogen and oxygen atoms in total.